The smallest absolute Gasteiger partial charge is 0.334 e. The summed E-state index contributed by atoms with van der Waals surface area (Å²) in [6.07, 6.45) is -2.45. The molecule has 2 atom stereocenters. The minimum absolute atomic E-state index is 0.373. The molecule has 3 N–H and O–H groups in total. The van der Waals surface area contributed by atoms with Crippen molar-refractivity contribution in [1.82, 2.24) is 5.32 Å². The Kier molecular flexibility index (Phi) is 5.59. The summed E-state index contributed by atoms with van der Waals surface area (Å²) in [6, 6.07) is 6.46. The number of aliphatic hydroxyl groups is 1. The fraction of sp³-hybridized carbons (Fsp3) is 0.333. The maximum atomic E-state index is 11.6. The zero-order chi connectivity index (χ0) is 14.4. The summed E-state index contributed by atoms with van der Waals surface area (Å²) in [6.45, 7) is 1.14. The maximum Gasteiger partial charge on any atom is 0.334 e. The number of halogens is 1. The van der Waals surface area contributed by atoms with Gasteiger partial charge in [0.25, 0.3) is 5.91 Å². The molecule has 0 spiro atoms. The SMILES string of the molecule is CC(Oc1ccc(Cl)cc1)C(=O)NC[C@H](O)C(=O)O. The molecule has 1 amide bonds. The van der Waals surface area contributed by atoms with Crippen LogP contribution in [0.4, 0.5) is 0 Å². The number of aliphatic carboxylic acids is 1. The van der Waals surface area contributed by atoms with Crippen LogP contribution < -0.4 is 10.1 Å². The van der Waals surface area contributed by atoms with Gasteiger partial charge in [0.05, 0.1) is 6.54 Å². The maximum absolute atomic E-state index is 11.6. The van der Waals surface area contributed by atoms with E-state index in [-0.39, 0.29) is 6.54 Å². The van der Waals surface area contributed by atoms with Crippen molar-refractivity contribution in [3.05, 3.63) is 29.3 Å². The lowest BCUT2D eigenvalue weighted by Crippen LogP contribution is -2.42. The molecule has 6 nitrogen and oxygen atoms in total. The Morgan fingerprint density at radius 2 is 1.95 bits per heavy atom. The van der Waals surface area contributed by atoms with Crippen LogP contribution in [-0.2, 0) is 9.59 Å². The zero-order valence-corrected chi connectivity index (χ0v) is 10.9. The topological polar surface area (TPSA) is 95.9 Å². The molecule has 0 fully saturated rings. The summed E-state index contributed by atoms with van der Waals surface area (Å²) < 4.78 is 5.32. The van der Waals surface area contributed by atoms with E-state index in [1.165, 1.54) is 6.92 Å². The van der Waals surface area contributed by atoms with E-state index in [1.54, 1.807) is 24.3 Å². The molecule has 0 saturated heterocycles. The van der Waals surface area contributed by atoms with Gasteiger partial charge in [-0.3, -0.25) is 4.79 Å². The van der Waals surface area contributed by atoms with E-state index < -0.39 is 24.1 Å². The highest BCUT2D eigenvalue weighted by atomic mass is 35.5. The number of aliphatic hydroxyl groups excluding tert-OH is 1. The van der Waals surface area contributed by atoms with Gasteiger partial charge in [-0.05, 0) is 31.2 Å². The van der Waals surface area contributed by atoms with Crippen LogP contribution in [0, 0.1) is 0 Å². The molecule has 1 aromatic rings. The second-order valence-electron chi connectivity index (χ2n) is 3.81. The highest BCUT2D eigenvalue weighted by Crippen LogP contribution is 2.16. The van der Waals surface area contributed by atoms with Crippen molar-refractivity contribution in [1.29, 1.82) is 0 Å². The molecule has 0 aliphatic heterocycles. The Bertz CT molecular complexity index is 448. The van der Waals surface area contributed by atoms with Gasteiger partial charge in [-0.15, -0.1) is 0 Å². The van der Waals surface area contributed by atoms with Crippen LogP contribution in [0.25, 0.3) is 0 Å². The van der Waals surface area contributed by atoms with Crippen LogP contribution in [0.2, 0.25) is 5.02 Å². The number of amides is 1. The molecular formula is C12H14ClNO5. The lowest BCUT2D eigenvalue weighted by molar-refractivity contribution is -0.146. The Morgan fingerprint density at radius 1 is 1.37 bits per heavy atom. The number of hydrogen-bond donors (Lipinski definition) is 3. The molecule has 7 heteroatoms. The number of carboxylic acid groups (broad SMARTS) is 1. The fourth-order valence-electron chi connectivity index (χ4n) is 1.20. The van der Waals surface area contributed by atoms with E-state index in [0.717, 1.165) is 0 Å². The molecule has 0 radical (unpaired) electrons. The molecule has 0 saturated carbocycles. The number of nitrogens with one attached hydrogen (secondary N) is 1. The van der Waals surface area contributed by atoms with Gasteiger partial charge in [0.15, 0.2) is 12.2 Å². The summed E-state index contributed by atoms with van der Waals surface area (Å²) in [5.74, 6) is -1.45. The van der Waals surface area contributed by atoms with E-state index in [1.807, 2.05) is 0 Å². The predicted octanol–water partition coefficient (Wildman–Crippen LogP) is 0.669. The third-order valence-corrected chi connectivity index (χ3v) is 2.50. The number of rotatable bonds is 6. The second kappa shape index (κ2) is 6.96. The highest BCUT2D eigenvalue weighted by molar-refractivity contribution is 6.30. The molecule has 0 bridgehead atoms. The third kappa shape index (κ3) is 5.15. The fourth-order valence-corrected chi connectivity index (χ4v) is 1.33. The van der Waals surface area contributed by atoms with Gasteiger partial charge in [-0.25, -0.2) is 4.79 Å². The van der Waals surface area contributed by atoms with Gasteiger partial charge < -0.3 is 20.3 Å². The third-order valence-electron chi connectivity index (χ3n) is 2.25. The average molecular weight is 288 g/mol. The minimum atomic E-state index is -1.63. The standard InChI is InChI=1S/C12H14ClNO5/c1-7(11(16)14-6-10(15)12(17)18)19-9-4-2-8(13)3-5-9/h2-5,7,10,15H,6H2,1H3,(H,14,16)(H,17,18)/t7?,10-/m0/s1. The first kappa shape index (κ1) is 15.3. The van der Waals surface area contributed by atoms with Crippen LogP contribution >= 0.6 is 11.6 Å². The molecule has 0 aliphatic rings. The van der Waals surface area contributed by atoms with Crippen LogP contribution in [0.3, 0.4) is 0 Å². The zero-order valence-electron chi connectivity index (χ0n) is 10.2. The van der Waals surface area contributed by atoms with Crippen molar-refractivity contribution in [3.63, 3.8) is 0 Å². The molecule has 0 heterocycles. The van der Waals surface area contributed by atoms with Crippen molar-refractivity contribution in [2.24, 2.45) is 0 Å². The van der Waals surface area contributed by atoms with E-state index in [0.29, 0.717) is 10.8 Å². The quantitative estimate of drug-likeness (QED) is 0.715. The van der Waals surface area contributed by atoms with E-state index in [4.69, 9.17) is 26.6 Å². The van der Waals surface area contributed by atoms with Crippen LogP contribution in [0.5, 0.6) is 5.75 Å². The summed E-state index contributed by atoms with van der Waals surface area (Å²) in [7, 11) is 0. The largest absolute Gasteiger partial charge is 0.481 e. The normalized spacial score (nSPS) is 13.4. The number of carbonyl (C=O) groups is 2. The van der Waals surface area contributed by atoms with E-state index in [2.05, 4.69) is 5.32 Å². The van der Waals surface area contributed by atoms with Crippen molar-refractivity contribution in [3.8, 4) is 5.75 Å². The second-order valence-corrected chi connectivity index (χ2v) is 4.25. The number of hydrogen-bond acceptors (Lipinski definition) is 4. The molecular weight excluding hydrogens is 274 g/mol. The molecule has 1 unspecified atom stereocenters. The van der Waals surface area contributed by atoms with Gasteiger partial charge in [0, 0.05) is 5.02 Å². The summed E-state index contributed by atoms with van der Waals surface area (Å²) >= 11 is 5.71. The van der Waals surface area contributed by atoms with Crippen molar-refractivity contribution in [2.45, 2.75) is 19.1 Å². The van der Waals surface area contributed by atoms with Crippen LogP contribution in [0.1, 0.15) is 6.92 Å². The molecule has 0 aromatic heterocycles. The van der Waals surface area contributed by atoms with Crippen molar-refractivity contribution in [2.75, 3.05) is 6.54 Å². The first-order valence-corrected chi connectivity index (χ1v) is 5.88. The Balaban J connectivity index is 2.44. The van der Waals surface area contributed by atoms with E-state index >= 15 is 0 Å². The molecule has 1 rings (SSSR count). The van der Waals surface area contributed by atoms with Gasteiger partial charge in [-0.2, -0.15) is 0 Å². The van der Waals surface area contributed by atoms with Crippen LogP contribution in [-0.4, -0.2) is 40.8 Å². The van der Waals surface area contributed by atoms with Gasteiger partial charge in [0.1, 0.15) is 5.75 Å². The first-order valence-electron chi connectivity index (χ1n) is 5.51. The van der Waals surface area contributed by atoms with Gasteiger partial charge >= 0.3 is 5.97 Å². The Hall–Kier alpha value is -1.79. The lowest BCUT2D eigenvalue weighted by atomic mass is 10.3. The van der Waals surface area contributed by atoms with Crippen LogP contribution in [0.15, 0.2) is 24.3 Å². The predicted molar refractivity (Wildman–Crippen MR) is 68.2 cm³/mol. The number of benzene rings is 1. The minimum Gasteiger partial charge on any atom is -0.481 e. The molecule has 19 heavy (non-hydrogen) atoms. The van der Waals surface area contributed by atoms with E-state index in [9.17, 15) is 9.59 Å². The number of carboxylic acids is 1. The molecule has 0 aliphatic carbocycles. The molecule has 1 aromatic carbocycles. The van der Waals surface area contributed by atoms with Gasteiger partial charge in [0.2, 0.25) is 0 Å². The number of carbonyl (C=O) groups excluding carboxylic acids is 1. The Labute approximate surface area is 114 Å². The Morgan fingerprint density at radius 3 is 2.47 bits per heavy atom. The lowest BCUT2D eigenvalue weighted by Gasteiger charge is -2.15. The van der Waals surface area contributed by atoms with Crippen molar-refractivity contribution >= 4 is 23.5 Å². The molecule has 104 valence electrons. The first-order chi connectivity index (χ1) is 8.90. The summed E-state index contributed by atoms with van der Waals surface area (Å²) in [5.41, 5.74) is 0. The highest BCUT2D eigenvalue weighted by Gasteiger charge is 2.18. The average Bonchev–Trinajstić information content (AvgIpc) is 2.37. The number of ether oxygens (including phenoxy) is 1. The van der Waals surface area contributed by atoms with Gasteiger partial charge in [-0.1, -0.05) is 11.6 Å². The van der Waals surface area contributed by atoms with Crippen molar-refractivity contribution < 1.29 is 24.5 Å². The monoisotopic (exact) mass is 287 g/mol. The summed E-state index contributed by atoms with van der Waals surface area (Å²) in [4.78, 5) is 21.9. The summed E-state index contributed by atoms with van der Waals surface area (Å²) in [5, 5.41) is 20.3.